The van der Waals surface area contributed by atoms with Gasteiger partial charge in [0.25, 0.3) is 11.7 Å². The summed E-state index contributed by atoms with van der Waals surface area (Å²) in [5, 5.41) is 47.6. The number of piperazine rings is 1. The summed E-state index contributed by atoms with van der Waals surface area (Å²) in [6.07, 6.45) is 3.93. The van der Waals surface area contributed by atoms with Crippen LogP contribution in [0.5, 0.6) is 11.5 Å². The molecule has 2 aromatic rings. The van der Waals surface area contributed by atoms with Crippen molar-refractivity contribution in [3.05, 3.63) is 94.1 Å². The van der Waals surface area contributed by atoms with Crippen molar-refractivity contribution >= 4 is 50.8 Å². The molecule has 9 rings (SSSR count). The van der Waals surface area contributed by atoms with Gasteiger partial charge in [-0.2, -0.15) is 0 Å². The average molecular weight is 1130 g/mol. The van der Waals surface area contributed by atoms with Gasteiger partial charge in [-0.1, -0.05) is 71.9 Å². The second kappa shape index (κ2) is 23.2. The second-order valence-corrected chi connectivity index (χ2v) is 24.4. The molecule has 6 heterocycles. The molecule has 7 aliphatic rings. The first-order valence-electron chi connectivity index (χ1n) is 27.4. The number of fused-ring (bicyclic) bond motifs is 13. The van der Waals surface area contributed by atoms with E-state index >= 15 is 4.79 Å². The lowest BCUT2D eigenvalue weighted by atomic mass is 9.78. The van der Waals surface area contributed by atoms with Crippen molar-refractivity contribution in [3.63, 3.8) is 0 Å². The van der Waals surface area contributed by atoms with E-state index in [0.29, 0.717) is 37.5 Å². The maximum Gasteiger partial charge on any atom is 0.318 e. The Hall–Kier alpha value is -6.43. The monoisotopic (exact) mass is 1130 g/mol. The number of amides is 2. The number of aliphatic imine (C=N–C) groups is 1. The van der Waals surface area contributed by atoms with E-state index in [2.05, 4.69) is 29.4 Å². The highest BCUT2D eigenvalue weighted by atomic mass is 32.2. The van der Waals surface area contributed by atoms with Crippen LogP contribution in [-0.4, -0.2) is 157 Å². The summed E-state index contributed by atoms with van der Waals surface area (Å²) in [4.78, 5) is 83.2. The number of esters is 1. The van der Waals surface area contributed by atoms with Crippen LogP contribution in [0.25, 0.3) is 0 Å². The number of methoxy groups -OCH3 is 1. The van der Waals surface area contributed by atoms with Gasteiger partial charge < -0.3 is 59.6 Å². The van der Waals surface area contributed by atoms with Gasteiger partial charge in [0.1, 0.15) is 39.8 Å². The lowest BCUT2D eigenvalue weighted by Crippen LogP contribution is -2.52. The maximum absolute atomic E-state index is 15.0. The molecular formula is C58H77N7O14S. The summed E-state index contributed by atoms with van der Waals surface area (Å²) in [5.74, 6) is -10.1. The Morgan fingerprint density at radius 3 is 2.20 bits per heavy atom. The average Bonchev–Trinajstić information content (AvgIpc) is 3.93. The molecule has 22 heteroatoms. The zero-order valence-electron chi connectivity index (χ0n) is 47.4. The number of Topliss-reactive ketones (excluding diaryl/α,β-unsaturated/α-hetero) is 2. The Balaban J connectivity index is 1.12. The number of phenolic OH excluding ortho intramolecular Hbond substituents is 1. The third-order valence-corrected chi connectivity index (χ3v) is 17.7. The number of piperidine rings is 1. The van der Waals surface area contributed by atoms with Crippen LogP contribution in [0.2, 0.25) is 0 Å². The number of anilines is 1. The summed E-state index contributed by atoms with van der Waals surface area (Å²) in [6.45, 7) is 20.0. The molecule has 21 nitrogen and oxygen atoms in total. The molecule has 2 amide bonds. The minimum atomic E-state index is -4.04. The number of phenols is 1. The molecule has 2 saturated heterocycles. The number of allylic oxidation sites excluding steroid dienone is 4. The number of hydrogen-bond donors (Lipinski definition) is 6. The molecule has 80 heavy (non-hydrogen) atoms. The standard InChI is InChI=1S/C58H77N7O14S/c1-30(2)29-63-22-20-58(21-23-63)61-44-41-42-49(68)36(8)52-43(41)53(70)57(10,79-52)77-28-19-39(76-11)33(5)51(78-56(73)37(9)55(72)65-26-24-64(25-27-65)38-17-12-13-18-40(38)80(59,74)75)35(7)48(67)34(6)47(66)31(3)15-14-16-32(4)54(71)60-46(50(42)69)45(44)62-58/h12-19,28,30-31,33-35,37,39,47-48,51,62,66-68H,20-27,29H2,1-11H3,(H,60,71)(H2,59,74,75)/b15-14+,28-19+,32-16-/t31-,33+,34+,35+,37?,39-,47-,48+,51+,57-/m0/s1. The maximum atomic E-state index is 15.0. The van der Waals surface area contributed by atoms with Gasteiger partial charge in [0.2, 0.25) is 21.7 Å². The van der Waals surface area contributed by atoms with Gasteiger partial charge in [-0.15, -0.1) is 0 Å². The third-order valence-electron chi connectivity index (χ3n) is 16.7. The number of ketones is 2. The molecule has 6 aliphatic heterocycles. The minimum absolute atomic E-state index is 0.0248. The number of benzene rings is 2. The van der Waals surface area contributed by atoms with Gasteiger partial charge in [-0.25, -0.2) is 13.6 Å². The Kier molecular flexibility index (Phi) is 17.3. The lowest BCUT2D eigenvalue weighted by molar-refractivity contribution is -0.170. The lowest BCUT2D eigenvalue weighted by Gasteiger charge is -2.39. The van der Waals surface area contributed by atoms with Crippen molar-refractivity contribution in [2.24, 2.45) is 45.6 Å². The molecule has 1 spiro atoms. The first kappa shape index (κ1) is 59.7. The van der Waals surface area contributed by atoms with Gasteiger partial charge >= 0.3 is 11.8 Å². The number of aliphatic hydroxyl groups is 2. The van der Waals surface area contributed by atoms with E-state index in [9.17, 15) is 42.9 Å². The Morgan fingerprint density at radius 2 is 1.56 bits per heavy atom. The summed E-state index contributed by atoms with van der Waals surface area (Å²) < 4.78 is 49.5. The zero-order valence-corrected chi connectivity index (χ0v) is 48.3. The number of nitrogens with zero attached hydrogens (tertiary/aromatic N) is 4. The van der Waals surface area contributed by atoms with Gasteiger partial charge in [0.05, 0.1) is 52.8 Å². The van der Waals surface area contributed by atoms with Crippen LogP contribution in [0.3, 0.4) is 0 Å². The smallest absolute Gasteiger partial charge is 0.318 e. The predicted molar refractivity (Wildman–Crippen MR) is 297 cm³/mol. The van der Waals surface area contributed by atoms with E-state index in [1.54, 1.807) is 65.0 Å². The number of hydrogen-bond acceptors (Lipinski definition) is 18. The fraction of sp³-hybridized carbons (Fsp3) is 0.552. The van der Waals surface area contributed by atoms with E-state index < -0.39 is 111 Å². The minimum Gasteiger partial charge on any atom is -0.507 e. The van der Waals surface area contributed by atoms with E-state index in [1.165, 1.54) is 57.3 Å². The van der Waals surface area contributed by atoms with Gasteiger partial charge in [-0.3, -0.25) is 29.0 Å². The third kappa shape index (κ3) is 11.4. The summed E-state index contributed by atoms with van der Waals surface area (Å²) in [5.41, 5.74) is -0.217. The van der Waals surface area contributed by atoms with Crippen LogP contribution >= 0.6 is 0 Å². The molecule has 10 atom stereocenters. The number of aromatic hydroxyl groups is 1. The van der Waals surface area contributed by atoms with Crippen LogP contribution in [-0.2, 0) is 38.6 Å². The molecule has 5 bridgehead atoms. The van der Waals surface area contributed by atoms with Crippen molar-refractivity contribution in [2.75, 3.05) is 57.8 Å². The summed E-state index contributed by atoms with van der Waals surface area (Å²) in [6, 6.07) is 6.32. The largest absolute Gasteiger partial charge is 0.507 e. The van der Waals surface area contributed by atoms with Gasteiger partial charge in [-0.05, 0) is 44.9 Å². The fourth-order valence-corrected chi connectivity index (χ4v) is 12.6. The molecule has 0 aromatic heterocycles. The Morgan fingerprint density at radius 1 is 0.900 bits per heavy atom. The van der Waals surface area contributed by atoms with Crippen molar-refractivity contribution in [3.8, 4) is 11.5 Å². The number of aliphatic hydroxyl groups excluding tert-OH is 2. The normalized spacial score (nSPS) is 30.4. The fourth-order valence-electron chi connectivity index (χ4n) is 11.8. The molecular weight excluding hydrogens is 1050 g/mol. The van der Waals surface area contributed by atoms with Crippen molar-refractivity contribution in [1.29, 1.82) is 0 Å². The van der Waals surface area contributed by atoms with Crippen LogP contribution in [0.1, 0.15) is 107 Å². The van der Waals surface area contributed by atoms with E-state index in [0.717, 1.165) is 6.54 Å². The van der Waals surface area contributed by atoms with Crippen LogP contribution in [0.4, 0.5) is 5.69 Å². The Labute approximate surface area is 468 Å². The molecule has 434 valence electrons. The summed E-state index contributed by atoms with van der Waals surface area (Å²) in [7, 11) is -2.63. The van der Waals surface area contributed by atoms with Gasteiger partial charge in [0.15, 0.2) is 0 Å². The Bertz CT molecular complexity index is 3080. The molecule has 2 aromatic carbocycles. The molecule has 0 saturated carbocycles. The van der Waals surface area contributed by atoms with Crippen molar-refractivity contribution < 1.29 is 66.7 Å². The van der Waals surface area contributed by atoms with Crippen molar-refractivity contribution in [1.82, 2.24) is 20.4 Å². The zero-order chi connectivity index (χ0) is 58.5. The van der Waals surface area contributed by atoms with Crippen LogP contribution in [0, 0.1) is 42.4 Å². The van der Waals surface area contributed by atoms with Crippen molar-refractivity contribution in [2.45, 2.75) is 123 Å². The highest BCUT2D eigenvalue weighted by molar-refractivity contribution is 7.89. The number of nitrogens with two attached hydrogens (primary N) is 1. The highest BCUT2D eigenvalue weighted by Gasteiger charge is 2.55. The number of sulfonamides is 1. The molecule has 0 radical (unpaired) electrons. The quantitative estimate of drug-likeness (QED) is 0.159. The topological polar surface area (TPSA) is 289 Å². The number of nitrogens with one attached hydrogen (secondary N) is 2. The number of rotatable bonds is 8. The summed E-state index contributed by atoms with van der Waals surface area (Å²) >= 11 is 0. The number of carbonyl (C=O) groups excluding carboxylic acids is 5. The van der Waals surface area contributed by atoms with Gasteiger partial charge in [0, 0.05) is 113 Å². The number of primary sulfonamides is 1. The van der Waals surface area contributed by atoms with E-state index in [-0.39, 0.29) is 81.8 Å². The number of carbonyl (C=O) groups is 5. The van der Waals surface area contributed by atoms with Crippen LogP contribution in [0.15, 0.2) is 81.7 Å². The highest BCUT2D eigenvalue weighted by Crippen LogP contribution is 2.50. The van der Waals surface area contributed by atoms with E-state index in [4.69, 9.17) is 29.1 Å². The molecule has 2 fully saturated rings. The SMILES string of the molecule is CO[C@H]1/C=C/O[C@@]2(C)Oc3c(C)c(O)c4c(c3C2=O)C2=NC3(CCN(CC(C)C)CC3)NC2=C(NC(=O)/C(C)=C\C=C\[C@H](C)[C@H](O)[C@@H](C)[C@@H](O)[C@@H](C)[C@H](OC(=O)C(C)C(=O)N2CCN(c3ccccc3S(N)(=O)=O)CC2)[C@@H]1C)C4=O. The van der Waals surface area contributed by atoms with Crippen LogP contribution < -0.4 is 25.4 Å². The molecule has 7 N–H and O–H groups in total. The first-order valence-corrected chi connectivity index (χ1v) is 29.0. The predicted octanol–water partition coefficient (Wildman–Crippen LogP) is 4.23. The number of ether oxygens (including phenoxy) is 4. The molecule has 1 unspecified atom stereocenters. The first-order chi connectivity index (χ1) is 37.6. The number of likely N-dealkylation sites (tertiary alicyclic amines) is 1. The second-order valence-electron chi connectivity index (χ2n) is 22.9. The number of para-hydroxylation sites is 1. The molecule has 1 aliphatic carbocycles. The van der Waals surface area contributed by atoms with E-state index in [1.807, 2.05) is 4.90 Å².